The number of rotatable bonds is 6. The molecule has 2 amide bonds. The van der Waals surface area contributed by atoms with Gasteiger partial charge in [0, 0.05) is 23.2 Å². The minimum atomic E-state index is -0.521. The lowest BCUT2D eigenvalue weighted by molar-refractivity contribution is -0.125. The van der Waals surface area contributed by atoms with E-state index in [1.165, 1.54) is 0 Å². The molecule has 176 valence electrons. The molecule has 0 aliphatic carbocycles. The molecule has 2 unspecified atom stereocenters. The van der Waals surface area contributed by atoms with Crippen LogP contribution in [0.2, 0.25) is 0 Å². The normalized spacial score (nSPS) is 17.9. The van der Waals surface area contributed by atoms with Crippen molar-refractivity contribution in [3.8, 4) is 11.6 Å². The SMILES string of the molecule is COc1ccccc1C1C(C(=O)Nc2cnc(OC)c(C)c2)CCC(=O)N1c1ccc(C)cc1. The van der Waals surface area contributed by atoms with Gasteiger partial charge in [0.25, 0.3) is 0 Å². The first-order valence-corrected chi connectivity index (χ1v) is 11.3. The summed E-state index contributed by atoms with van der Waals surface area (Å²) in [4.78, 5) is 32.8. The molecular formula is C27H29N3O4. The van der Waals surface area contributed by atoms with E-state index < -0.39 is 12.0 Å². The zero-order valence-electron chi connectivity index (χ0n) is 19.9. The Labute approximate surface area is 199 Å². The van der Waals surface area contributed by atoms with Crippen molar-refractivity contribution in [2.45, 2.75) is 32.7 Å². The molecule has 1 N–H and O–H groups in total. The van der Waals surface area contributed by atoms with Gasteiger partial charge in [0.2, 0.25) is 17.7 Å². The molecule has 0 spiro atoms. The number of nitrogens with zero attached hydrogens (tertiary/aromatic N) is 2. The molecule has 2 aromatic carbocycles. The quantitative estimate of drug-likeness (QED) is 0.571. The van der Waals surface area contributed by atoms with Crippen molar-refractivity contribution >= 4 is 23.2 Å². The molecule has 7 nitrogen and oxygen atoms in total. The second kappa shape index (κ2) is 9.95. The third kappa shape index (κ3) is 4.59. The van der Waals surface area contributed by atoms with E-state index in [2.05, 4.69) is 10.3 Å². The Morgan fingerprint density at radius 1 is 1.06 bits per heavy atom. The number of benzene rings is 2. The van der Waals surface area contributed by atoms with E-state index in [0.29, 0.717) is 23.7 Å². The highest BCUT2D eigenvalue weighted by molar-refractivity contribution is 6.00. The molecule has 0 radical (unpaired) electrons. The number of pyridine rings is 1. The molecule has 1 saturated heterocycles. The molecule has 3 aromatic rings. The Bertz CT molecular complexity index is 1190. The van der Waals surface area contributed by atoms with Crippen LogP contribution in [0.3, 0.4) is 0 Å². The molecule has 0 saturated carbocycles. The number of piperidine rings is 1. The number of ether oxygens (including phenoxy) is 2. The van der Waals surface area contributed by atoms with Crippen molar-refractivity contribution in [1.29, 1.82) is 0 Å². The lowest BCUT2D eigenvalue weighted by Gasteiger charge is -2.41. The van der Waals surface area contributed by atoms with Crippen molar-refractivity contribution < 1.29 is 19.1 Å². The van der Waals surface area contributed by atoms with Crippen molar-refractivity contribution in [1.82, 2.24) is 4.98 Å². The Balaban J connectivity index is 1.75. The lowest BCUT2D eigenvalue weighted by atomic mass is 9.82. The number of aryl methyl sites for hydroxylation is 2. The number of amides is 2. The molecule has 2 atom stereocenters. The first-order valence-electron chi connectivity index (χ1n) is 11.3. The Hall–Kier alpha value is -3.87. The van der Waals surface area contributed by atoms with Crippen LogP contribution in [-0.4, -0.2) is 31.0 Å². The standard InChI is InChI=1S/C27H29N3O4/c1-17-9-11-20(12-10-17)30-24(31)14-13-22(25(30)21-7-5-6-8-23(21)33-3)26(32)29-19-15-18(2)27(34-4)28-16-19/h5-12,15-16,22,25H,13-14H2,1-4H3,(H,29,32). The van der Waals surface area contributed by atoms with Gasteiger partial charge in [-0.3, -0.25) is 9.59 Å². The van der Waals surface area contributed by atoms with Gasteiger partial charge in [-0.05, 0) is 44.5 Å². The average molecular weight is 460 g/mol. The smallest absolute Gasteiger partial charge is 0.229 e. The van der Waals surface area contributed by atoms with Crippen LogP contribution in [0.25, 0.3) is 0 Å². The van der Waals surface area contributed by atoms with Crippen LogP contribution in [-0.2, 0) is 9.59 Å². The van der Waals surface area contributed by atoms with Gasteiger partial charge in [-0.25, -0.2) is 4.98 Å². The van der Waals surface area contributed by atoms with Crippen molar-refractivity contribution in [3.63, 3.8) is 0 Å². The maximum absolute atomic E-state index is 13.6. The first-order chi connectivity index (χ1) is 16.4. The molecule has 1 fully saturated rings. The fourth-order valence-electron chi connectivity index (χ4n) is 4.52. The number of carbonyl (C=O) groups excluding carboxylic acids is 2. The minimum Gasteiger partial charge on any atom is -0.496 e. The Morgan fingerprint density at radius 3 is 2.47 bits per heavy atom. The van der Waals surface area contributed by atoms with Crippen molar-refractivity contribution in [2.75, 3.05) is 24.4 Å². The largest absolute Gasteiger partial charge is 0.496 e. The molecule has 0 bridgehead atoms. The number of aromatic nitrogens is 1. The van der Waals surface area contributed by atoms with Gasteiger partial charge in [0.15, 0.2) is 0 Å². The van der Waals surface area contributed by atoms with Crippen LogP contribution in [0.1, 0.15) is 35.6 Å². The lowest BCUT2D eigenvalue weighted by Crippen LogP contribution is -2.47. The summed E-state index contributed by atoms with van der Waals surface area (Å²) >= 11 is 0. The van der Waals surface area contributed by atoms with Crippen LogP contribution in [0.4, 0.5) is 11.4 Å². The Morgan fingerprint density at radius 2 is 1.79 bits per heavy atom. The van der Waals surface area contributed by atoms with Gasteiger partial charge in [-0.2, -0.15) is 0 Å². The number of hydrogen-bond acceptors (Lipinski definition) is 5. The summed E-state index contributed by atoms with van der Waals surface area (Å²) in [7, 11) is 3.16. The van der Waals surface area contributed by atoms with Crippen LogP contribution in [0, 0.1) is 19.8 Å². The van der Waals surface area contributed by atoms with Crippen LogP contribution in [0.5, 0.6) is 11.6 Å². The van der Waals surface area contributed by atoms with Gasteiger partial charge in [0.1, 0.15) is 5.75 Å². The molecule has 2 heterocycles. The summed E-state index contributed by atoms with van der Waals surface area (Å²) in [6, 6.07) is 16.6. The molecule has 34 heavy (non-hydrogen) atoms. The van der Waals surface area contributed by atoms with Crippen molar-refractivity contribution in [3.05, 3.63) is 77.5 Å². The van der Waals surface area contributed by atoms with E-state index in [9.17, 15) is 9.59 Å². The number of anilines is 2. The predicted octanol–water partition coefficient (Wildman–Crippen LogP) is 4.84. The topological polar surface area (TPSA) is 80.8 Å². The van der Waals surface area contributed by atoms with E-state index in [1.807, 2.05) is 68.4 Å². The van der Waals surface area contributed by atoms with Crippen LogP contribution < -0.4 is 19.7 Å². The third-order valence-corrected chi connectivity index (χ3v) is 6.19. The maximum Gasteiger partial charge on any atom is 0.229 e. The van der Waals surface area contributed by atoms with E-state index in [1.54, 1.807) is 25.3 Å². The van der Waals surface area contributed by atoms with E-state index in [4.69, 9.17) is 9.47 Å². The number of hydrogen-bond donors (Lipinski definition) is 1. The monoisotopic (exact) mass is 459 g/mol. The maximum atomic E-state index is 13.6. The van der Waals surface area contributed by atoms with Crippen LogP contribution >= 0.6 is 0 Å². The molecule has 1 aliphatic heterocycles. The second-order valence-electron chi connectivity index (χ2n) is 8.47. The summed E-state index contributed by atoms with van der Waals surface area (Å²) < 4.78 is 10.9. The van der Waals surface area contributed by atoms with Gasteiger partial charge in [-0.15, -0.1) is 0 Å². The summed E-state index contributed by atoms with van der Waals surface area (Å²) in [5, 5.41) is 3.00. The summed E-state index contributed by atoms with van der Waals surface area (Å²) in [5.74, 6) is 0.466. The molecule has 1 aliphatic rings. The molecule has 1 aromatic heterocycles. The highest BCUT2D eigenvalue weighted by atomic mass is 16.5. The zero-order valence-corrected chi connectivity index (χ0v) is 19.9. The second-order valence-corrected chi connectivity index (χ2v) is 8.47. The number of methoxy groups -OCH3 is 2. The Kier molecular flexibility index (Phi) is 6.82. The van der Waals surface area contributed by atoms with E-state index >= 15 is 0 Å². The predicted molar refractivity (Wildman–Crippen MR) is 131 cm³/mol. The van der Waals surface area contributed by atoms with Crippen molar-refractivity contribution in [2.24, 2.45) is 5.92 Å². The molecular weight excluding hydrogens is 430 g/mol. The minimum absolute atomic E-state index is 0.0224. The average Bonchev–Trinajstić information content (AvgIpc) is 2.84. The highest BCUT2D eigenvalue weighted by Gasteiger charge is 2.42. The fourth-order valence-corrected chi connectivity index (χ4v) is 4.52. The van der Waals surface area contributed by atoms with Gasteiger partial charge < -0.3 is 19.7 Å². The van der Waals surface area contributed by atoms with Gasteiger partial charge in [0.05, 0.1) is 38.1 Å². The van der Waals surface area contributed by atoms with Crippen LogP contribution in [0.15, 0.2) is 60.8 Å². The third-order valence-electron chi connectivity index (χ3n) is 6.19. The zero-order chi connectivity index (χ0) is 24.2. The summed E-state index contributed by atoms with van der Waals surface area (Å²) in [5.41, 5.74) is 4.05. The number of carbonyl (C=O) groups is 2. The van der Waals surface area contributed by atoms with E-state index in [-0.39, 0.29) is 18.2 Å². The van der Waals surface area contributed by atoms with Gasteiger partial charge in [-0.1, -0.05) is 35.9 Å². The number of para-hydroxylation sites is 1. The summed E-state index contributed by atoms with van der Waals surface area (Å²) in [6.07, 6.45) is 2.28. The number of nitrogens with one attached hydrogen (secondary N) is 1. The molecule has 4 rings (SSSR count). The summed E-state index contributed by atoms with van der Waals surface area (Å²) in [6.45, 7) is 3.87. The van der Waals surface area contributed by atoms with E-state index in [0.717, 1.165) is 22.4 Å². The first kappa shape index (κ1) is 23.3. The van der Waals surface area contributed by atoms with Gasteiger partial charge >= 0.3 is 0 Å². The highest BCUT2D eigenvalue weighted by Crippen LogP contribution is 2.43. The fraction of sp³-hybridized carbons (Fsp3) is 0.296. The molecule has 7 heteroatoms.